The number of aromatic nitrogens is 2. The molecule has 1 N–H and O–H groups in total. The first-order chi connectivity index (χ1) is 9.16. The van der Waals surface area contributed by atoms with E-state index < -0.39 is 0 Å². The Labute approximate surface area is 113 Å². The Hall–Kier alpha value is -2.14. The van der Waals surface area contributed by atoms with Crippen LogP contribution in [0.5, 0.6) is 0 Å². The van der Waals surface area contributed by atoms with E-state index in [0.29, 0.717) is 16.8 Å². The van der Waals surface area contributed by atoms with Gasteiger partial charge in [-0.1, -0.05) is 24.3 Å². The van der Waals surface area contributed by atoms with E-state index in [9.17, 15) is 9.59 Å². The molecule has 96 valence electrons. The van der Waals surface area contributed by atoms with Gasteiger partial charge in [-0.15, -0.1) is 11.3 Å². The summed E-state index contributed by atoms with van der Waals surface area (Å²) in [5.74, 6) is 0. The molecule has 5 heteroatoms. The maximum absolute atomic E-state index is 12.3. The van der Waals surface area contributed by atoms with Gasteiger partial charge in [0.15, 0.2) is 0 Å². The van der Waals surface area contributed by atoms with Crippen LogP contribution in [0.2, 0.25) is 0 Å². The van der Waals surface area contributed by atoms with Crippen LogP contribution in [0.3, 0.4) is 0 Å². The van der Waals surface area contributed by atoms with Gasteiger partial charge in [0.1, 0.15) is 4.70 Å². The quantitative estimate of drug-likeness (QED) is 0.776. The molecule has 0 aliphatic rings. The Bertz CT molecular complexity index is 857. The lowest BCUT2D eigenvalue weighted by molar-refractivity contribution is 0.710. The number of aromatic amines is 1. The Kier molecular flexibility index (Phi) is 2.83. The summed E-state index contributed by atoms with van der Waals surface area (Å²) in [6.45, 7) is 2.27. The number of nitrogens with one attached hydrogen (secondary N) is 1. The second-order valence-electron chi connectivity index (χ2n) is 4.41. The monoisotopic (exact) mass is 272 g/mol. The number of H-pyrrole nitrogens is 1. The minimum absolute atomic E-state index is 0.225. The van der Waals surface area contributed by atoms with Crippen molar-refractivity contribution in [3.05, 3.63) is 67.7 Å². The summed E-state index contributed by atoms with van der Waals surface area (Å²) in [7, 11) is 0. The third-order valence-electron chi connectivity index (χ3n) is 3.18. The Balaban J connectivity index is 2.18. The highest BCUT2D eigenvalue weighted by atomic mass is 32.1. The van der Waals surface area contributed by atoms with Gasteiger partial charge in [-0.3, -0.25) is 9.36 Å². The lowest BCUT2D eigenvalue weighted by Gasteiger charge is -2.07. The zero-order valence-electron chi connectivity index (χ0n) is 10.3. The molecule has 1 aromatic carbocycles. The first-order valence-corrected chi connectivity index (χ1v) is 6.79. The fourth-order valence-electron chi connectivity index (χ4n) is 2.07. The van der Waals surface area contributed by atoms with Crippen molar-refractivity contribution >= 4 is 21.6 Å². The van der Waals surface area contributed by atoms with Gasteiger partial charge in [-0.25, -0.2) is 4.79 Å². The van der Waals surface area contributed by atoms with E-state index in [2.05, 4.69) is 4.98 Å². The van der Waals surface area contributed by atoms with Crippen LogP contribution in [0.15, 0.2) is 45.3 Å². The molecule has 0 aliphatic heterocycles. The predicted octanol–water partition coefficient (Wildman–Crippen LogP) is 2.11. The Morgan fingerprint density at radius 3 is 2.79 bits per heavy atom. The number of hydrogen-bond donors (Lipinski definition) is 1. The Morgan fingerprint density at radius 1 is 1.21 bits per heavy atom. The summed E-state index contributed by atoms with van der Waals surface area (Å²) in [5.41, 5.74) is 2.07. The van der Waals surface area contributed by atoms with Gasteiger partial charge in [-0.05, 0) is 29.5 Å². The van der Waals surface area contributed by atoms with Crippen LogP contribution < -0.4 is 11.2 Å². The average Bonchev–Trinajstić information content (AvgIpc) is 2.84. The summed E-state index contributed by atoms with van der Waals surface area (Å²) in [6.07, 6.45) is 0. The van der Waals surface area contributed by atoms with E-state index in [0.717, 1.165) is 11.1 Å². The predicted molar refractivity (Wildman–Crippen MR) is 77.0 cm³/mol. The lowest BCUT2D eigenvalue weighted by Crippen LogP contribution is -2.34. The maximum Gasteiger partial charge on any atom is 0.329 e. The molecule has 0 aliphatic carbocycles. The zero-order chi connectivity index (χ0) is 13.4. The number of nitrogens with zero attached hydrogens (tertiary/aromatic N) is 1. The molecular formula is C14H12N2O2S. The van der Waals surface area contributed by atoms with Crippen molar-refractivity contribution in [2.45, 2.75) is 13.5 Å². The summed E-state index contributed by atoms with van der Waals surface area (Å²) in [5, 5.41) is 1.81. The Morgan fingerprint density at radius 2 is 2.00 bits per heavy atom. The summed E-state index contributed by atoms with van der Waals surface area (Å²) < 4.78 is 1.84. The molecule has 0 radical (unpaired) electrons. The van der Waals surface area contributed by atoms with Crippen LogP contribution in [0, 0.1) is 6.92 Å². The van der Waals surface area contributed by atoms with Crippen LogP contribution in [0.25, 0.3) is 10.2 Å². The second-order valence-corrected chi connectivity index (χ2v) is 5.33. The fraction of sp³-hybridized carbons (Fsp3) is 0.143. The molecule has 0 saturated heterocycles. The van der Waals surface area contributed by atoms with Crippen molar-refractivity contribution in [3.8, 4) is 0 Å². The highest BCUT2D eigenvalue weighted by molar-refractivity contribution is 7.17. The van der Waals surface area contributed by atoms with Crippen LogP contribution in [0.4, 0.5) is 0 Å². The molecule has 0 bridgehead atoms. The molecule has 0 spiro atoms. The third kappa shape index (κ3) is 2.02. The smallest absolute Gasteiger partial charge is 0.306 e. The topological polar surface area (TPSA) is 54.9 Å². The SMILES string of the molecule is Cc1ccccc1Cn1c(=O)[nH]c2ccsc2c1=O. The first-order valence-electron chi connectivity index (χ1n) is 5.91. The van der Waals surface area contributed by atoms with Gasteiger partial charge in [0.25, 0.3) is 5.56 Å². The molecule has 0 atom stereocenters. The summed E-state index contributed by atoms with van der Waals surface area (Å²) in [6, 6.07) is 9.50. The molecule has 3 rings (SSSR count). The molecule has 2 heterocycles. The van der Waals surface area contributed by atoms with Crippen molar-refractivity contribution in [3.63, 3.8) is 0 Å². The van der Waals surface area contributed by atoms with Gasteiger partial charge in [0.05, 0.1) is 12.1 Å². The van der Waals surface area contributed by atoms with E-state index in [1.54, 1.807) is 11.4 Å². The van der Waals surface area contributed by atoms with E-state index in [-0.39, 0.29) is 11.2 Å². The zero-order valence-corrected chi connectivity index (χ0v) is 11.2. The molecule has 0 saturated carbocycles. The molecule has 19 heavy (non-hydrogen) atoms. The van der Waals surface area contributed by atoms with E-state index >= 15 is 0 Å². The van der Waals surface area contributed by atoms with E-state index in [4.69, 9.17) is 0 Å². The fourth-order valence-corrected chi connectivity index (χ4v) is 2.87. The maximum atomic E-state index is 12.3. The van der Waals surface area contributed by atoms with Gasteiger partial charge in [-0.2, -0.15) is 0 Å². The van der Waals surface area contributed by atoms with Crippen LogP contribution in [-0.2, 0) is 6.54 Å². The largest absolute Gasteiger partial charge is 0.329 e. The van der Waals surface area contributed by atoms with Crippen LogP contribution in [0.1, 0.15) is 11.1 Å². The van der Waals surface area contributed by atoms with E-state index in [1.807, 2.05) is 31.2 Å². The highest BCUT2D eigenvalue weighted by Crippen LogP contribution is 2.13. The van der Waals surface area contributed by atoms with Crippen LogP contribution >= 0.6 is 11.3 Å². The molecule has 0 unspecified atom stereocenters. The summed E-state index contributed by atoms with van der Waals surface area (Å²) >= 11 is 1.35. The van der Waals surface area contributed by atoms with Gasteiger partial charge < -0.3 is 4.98 Å². The normalized spacial score (nSPS) is 11.0. The number of rotatable bonds is 2. The van der Waals surface area contributed by atoms with Crippen molar-refractivity contribution in [1.29, 1.82) is 0 Å². The van der Waals surface area contributed by atoms with Gasteiger partial charge >= 0.3 is 5.69 Å². The van der Waals surface area contributed by atoms with Crippen molar-refractivity contribution < 1.29 is 0 Å². The molecule has 3 aromatic rings. The third-order valence-corrected chi connectivity index (χ3v) is 4.08. The molecule has 4 nitrogen and oxygen atoms in total. The highest BCUT2D eigenvalue weighted by Gasteiger charge is 2.09. The summed E-state index contributed by atoms with van der Waals surface area (Å²) in [4.78, 5) is 27.0. The second kappa shape index (κ2) is 4.51. The van der Waals surface area contributed by atoms with E-state index in [1.165, 1.54) is 15.9 Å². The number of hydrogen-bond acceptors (Lipinski definition) is 3. The number of thiophene rings is 1. The minimum Gasteiger partial charge on any atom is -0.306 e. The molecule has 2 aromatic heterocycles. The molecular weight excluding hydrogens is 260 g/mol. The standard InChI is InChI=1S/C14H12N2O2S/c1-9-4-2-3-5-10(9)8-16-13(17)12-11(6-7-19-12)15-14(16)18/h2-7H,8H2,1H3,(H,15,18). The van der Waals surface area contributed by atoms with Gasteiger partial charge in [0, 0.05) is 0 Å². The number of aryl methyl sites for hydroxylation is 1. The van der Waals surface area contributed by atoms with Crippen molar-refractivity contribution in [1.82, 2.24) is 9.55 Å². The van der Waals surface area contributed by atoms with Crippen LogP contribution in [-0.4, -0.2) is 9.55 Å². The van der Waals surface area contributed by atoms with Crippen molar-refractivity contribution in [2.24, 2.45) is 0 Å². The molecule has 0 amide bonds. The average molecular weight is 272 g/mol. The van der Waals surface area contributed by atoms with Crippen molar-refractivity contribution in [2.75, 3.05) is 0 Å². The lowest BCUT2D eigenvalue weighted by atomic mass is 10.1. The number of fused-ring (bicyclic) bond motifs is 1. The van der Waals surface area contributed by atoms with Gasteiger partial charge in [0.2, 0.25) is 0 Å². The number of benzene rings is 1. The molecule has 0 fully saturated rings. The minimum atomic E-state index is -0.362. The first kappa shape index (κ1) is 11.9.